The number of aromatic nitrogens is 10. The highest BCUT2D eigenvalue weighted by Gasteiger charge is 2.33. The van der Waals surface area contributed by atoms with Gasteiger partial charge in [0.2, 0.25) is 5.88 Å². The molecule has 0 aliphatic carbocycles. The fourth-order valence-corrected chi connectivity index (χ4v) is 11.1. The van der Waals surface area contributed by atoms with E-state index >= 15 is 13.2 Å². The van der Waals surface area contributed by atoms with Gasteiger partial charge in [0, 0.05) is 109 Å². The summed E-state index contributed by atoms with van der Waals surface area (Å²) in [7, 11) is 3.10. The summed E-state index contributed by atoms with van der Waals surface area (Å²) in [4.78, 5) is 46.4. The summed E-state index contributed by atoms with van der Waals surface area (Å²) in [5.41, 5.74) is 5.31. The maximum Gasteiger partial charge on any atom is 0.321 e. The minimum absolute atomic E-state index is 0.138. The summed E-state index contributed by atoms with van der Waals surface area (Å²) < 4.78 is 69.0. The predicted molar refractivity (Wildman–Crippen MR) is 294 cm³/mol. The molecule has 0 unspecified atom stereocenters. The highest BCUT2D eigenvalue weighted by atomic mass is 35.5. The molecule has 404 valence electrons. The molecule has 12 rings (SSSR count). The van der Waals surface area contributed by atoms with Crippen LogP contribution in [0.3, 0.4) is 0 Å². The van der Waals surface area contributed by atoms with Crippen molar-refractivity contribution < 1.29 is 27.4 Å². The number of piperidine rings is 2. The predicted octanol–water partition coefficient (Wildman–Crippen LogP) is 10.8. The van der Waals surface area contributed by atoms with Gasteiger partial charge < -0.3 is 27.9 Å². The molecule has 2 fully saturated rings. The lowest BCUT2D eigenvalue weighted by atomic mass is 9.99. The Kier molecular flexibility index (Phi) is 14.8. The number of methoxy groups -OCH3 is 1. The highest BCUT2D eigenvalue weighted by Crippen LogP contribution is 2.42. The number of alkyl halides is 1. The molecule has 4 aromatic carbocycles. The molecule has 0 saturated carbocycles. The van der Waals surface area contributed by atoms with Crippen LogP contribution in [0.5, 0.6) is 29.1 Å². The molecule has 0 bridgehead atoms. The number of likely N-dealkylation sites (tertiary alicyclic amines) is 2. The molecular formula is C58H50ClF3N14O4. The number of fused-ring (bicyclic) bond motifs is 6. The number of hydrogen-bond acceptors (Lipinski definition) is 15. The zero-order chi connectivity index (χ0) is 55.8. The first-order valence-electron chi connectivity index (χ1n) is 25.7. The third-order valence-corrected chi connectivity index (χ3v) is 14.9. The third-order valence-electron chi connectivity index (χ3n) is 14.6. The van der Waals surface area contributed by atoms with Crippen molar-refractivity contribution in [3.8, 4) is 63.5 Å². The van der Waals surface area contributed by atoms with Crippen molar-refractivity contribution in [3.05, 3.63) is 143 Å². The largest absolute Gasteiger partial charge is 0.496 e. The fraction of sp³-hybridized carbons (Fsp3) is 0.276. The first kappa shape index (κ1) is 53.0. The van der Waals surface area contributed by atoms with Crippen molar-refractivity contribution in [2.45, 2.75) is 51.4 Å². The van der Waals surface area contributed by atoms with Gasteiger partial charge in [0.05, 0.1) is 83.9 Å². The van der Waals surface area contributed by atoms with Crippen LogP contribution in [0.2, 0.25) is 5.02 Å². The Labute approximate surface area is 460 Å². The average molecular weight is 1100 g/mol. The maximum absolute atomic E-state index is 15.5. The van der Waals surface area contributed by atoms with Gasteiger partial charge in [0.1, 0.15) is 64.1 Å². The summed E-state index contributed by atoms with van der Waals surface area (Å²) in [5, 5.41) is 19.8. The van der Waals surface area contributed by atoms with E-state index in [1.165, 1.54) is 36.2 Å². The Morgan fingerprint density at radius 2 is 1.27 bits per heavy atom. The van der Waals surface area contributed by atoms with Crippen LogP contribution in [0.4, 0.5) is 13.2 Å². The van der Waals surface area contributed by atoms with Crippen molar-refractivity contribution in [1.82, 2.24) is 58.4 Å². The quantitative estimate of drug-likeness (QED) is 0.111. The van der Waals surface area contributed by atoms with E-state index in [-0.39, 0.29) is 41.6 Å². The van der Waals surface area contributed by atoms with Crippen molar-refractivity contribution in [2.24, 2.45) is 7.05 Å². The van der Waals surface area contributed by atoms with Crippen molar-refractivity contribution in [3.63, 3.8) is 0 Å². The monoisotopic (exact) mass is 1100 g/mol. The molecule has 2 aliphatic heterocycles. The van der Waals surface area contributed by atoms with E-state index in [1.54, 1.807) is 86.4 Å². The summed E-state index contributed by atoms with van der Waals surface area (Å²) in [6.45, 7) is 6.86. The number of aryl methyl sites for hydroxylation is 3. The number of imidazole rings is 2. The first-order chi connectivity index (χ1) is 38.8. The molecule has 0 radical (unpaired) electrons. The van der Waals surface area contributed by atoms with Gasteiger partial charge in [0.15, 0.2) is 0 Å². The first-order valence-corrected chi connectivity index (χ1v) is 26.1. The third kappa shape index (κ3) is 10.4. The van der Waals surface area contributed by atoms with Crippen LogP contribution in [-0.2, 0) is 7.05 Å². The second-order valence-electron chi connectivity index (χ2n) is 19.6. The van der Waals surface area contributed by atoms with E-state index in [9.17, 15) is 4.79 Å². The number of nitrogens with zero attached hydrogens (tertiary/aromatic N) is 14. The summed E-state index contributed by atoms with van der Waals surface area (Å²) in [6, 6.07) is 23.5. The van der Waals surface area contributed by atoms with Gasteiger partial charge >= 0.3 is 6.01 Å². The van der Waals surface area contributed by atoms with E-state index in [0.29, 0.717) is 92.3 Å². The van der Waals surface area contributed by atoms with E-state index in [1.807, 2.05) is 23.3 Å². The molecule has 18 nitrogen and oxygen atoms in total. The lowest BCUT2D eigenvalue weighted by molar-refractivity contribution is 0.0996. The molecule has 0 spiro atoms. The van der Waals surface area contributed by atoms with Gasteiger partial charge in [-0.2, -0.15) is 10.5 Å². The second-order valence-corrected chi connectivity index (χ2v) is 20.0. The number of benzene rings is 4. The SMILES string of the molecule is COc1cc(Oc2ncccn2)ccc1-c1cc2c(cc1F)ncc1nc(C)n([C@@H]3CCN(CC#N)C[C@H]3F)c12.Cc1nc2cnc3cc(F)c(-c4ccc(Oc5cc(=O)n(C)cn5)cc4Cl)cc3c2n1C1CCN(CC#N)CC1. The fourth-order valence-electron chi connectivity index (χ4n) is 10.8. The van der Waals surface area contributed by atoms with Crippen LogP contribution < -0.4 is 19.8 Å². The molecule has 6 aromatic heterocycles. The van der Waals surface area contributed by atoms with Gasteiger partial charge in [-0.1, -0.05) is 11.6 Å². The lowest BCUT2D eigenvalue weighted by Gasteiger charge is -2.35. The summed E-state index contributed by atoms with van der Waals surface area (Å²) >= 11 is 6.63. The topological polar surface area (TPSA) is 204 Å². The van der Waals surface area contributed by atoms with Crippen LogP contribution in [0, 0.1) is 48.1 Å². The molecule has 22 heteroatoms. The second kappa shape index (κ2) is 22.4. The summed E-state index contributed by atoms with van der Waals surface area (Å²) in [6.07, 6.45) is 8.90. The van der Waals surface area contributed by atoms with E-state index in [0.717, 1.165) is 48.2 Å². The zero-order valence-electron chi connectivity index (χ0n) is 43.8. The van der Waals surface area contributed by atoms with E-state index in [2.05, 4.69) is 51.5 Å². The number of nitriles is 2. The molecule has 10 aromatic rings. The smallest absolute Gasteiger partial charge is 0.321 e. The van der Waals surface area contributed by atoms with Crippen molar-refractivity contribution in [1.29, 1.82) is 10.5 Å². The maximum atomic E-state index is 15.5. The normalized spacial score (nSPS) is 16.1. The molecule has 8 heterocycles. The Bertz CT molecular complexity index is 4150. The number of pyridine rings is 2. The minimum Gasteiger partial charge on any atom is -0.496 e. The number of ether oxygens (including phenoxy) is 3. The highest BCUT2D eigenvalue weighted by molar-refractivity contribution is 6.33. The number of rotatable bonds is 11. The van der Waals surface area contributed by atoms with Gasteiger partial charge in [-0.3, -0.25) is 24.6 Å². The average Bonchev–Trinajstić information content (AvgIpc) is 4.00. The van der Waals surface area contributed by atoms with E-state index in [4.69, 9.17) is 41.3 Å². The Morgan fingerprint density at radius 3 is 1.89 bits per heavy atom. The van der Waals surface area contributed by atoms with Crippen molar-refractivity contribution >= 4 is 55.5 Å². The van der Waals surface area contributed by atoms with Gasteiger partial charge in [-0.15, -0.1) is 0 Å². The standard InChI is InChI=1S/C29H25ClFN7O2.C29H25F2N7O2/c1-17-35-26-15-33-25-13-24(31)21(12-22(25)29(26)38(17)18-5-8-37(9-6-18)10-7-32)20-4-3-19(11-23(20)30)40-27-14-28(39)36(2)16-34-27;1-17-36-25-15-35-24-14-22(30)20(19-5-4-18(12-27(19)39-2)40-29-33-8-3-9-34-29)13-21(24)28(25)38(17)26-6-10-37(11-7-32)16-23(26)31/h3-4,11-16,18H,5-6,8-10H2,1-2H3;3-5,8-9,12-15,23,26H,6,10-11,16H2,1-2H3/t;23-,26-/m.1/s1. The molecule has 2 saturated heterocycles. The van der Waals surface area contributed by atoms with Gasteiger partial charge in [0.25, 0.3) is 5.56 Å². The van der Waals surface area contributed by atoms with Crippen LogP contribution in [0.1, 0.15) is 43.0 Å². The van der Waals surface area contributed by atoms with Crippen LogP contribution in [0.15, 0.2) is 109 Å². The number of halogens is 4. The van der Waals surface area contributed by atoms with E-state index < -0.39 is 23.8 Å². The molecule has 80 heavy (non-hydrogen) atoms. The van der Waals surface area contributed by atoms with Crippen LogP contribution >= 0.6 is 11.6 Å². The van der Waals surface area contributed by atoms with Crippen LogP contribution in [-0.4, -0.2) is 111 Å². The zero-order valence-corrected chi connectivity index (χ0v) is 44.6. The van der Waals surface area contributed by atoms with Crippen LogP contribution in [0.25, 0.3) is 66.1 Å². The molecule has 0 amide bonds. The molecule has 2 aliphatic rings. The van der Waals surface area contributed by atoms with Gasteiger partial charge in [-0.25, -0.2) is 38.1 Å². The Morgan fingerprint density at radius 1 is 0.688 bits per heavy atom. The Hall–Kier alpha value is -9.02. The Balaban J connectivity index is 0.000000169. The summed E-state index contributed by atoms with van der Waals surface area (Å²) in [5.74, 6) is 1.93. The van der Waals surface area contributed by atoms with Crippen molar-refractivity contribution in [2.75, 3.05) is 46.4 Å². The lowest BCUT2D eigenvalue weighted by Crippen LogP contribution is -2.43. The number of hydrogen-bond donors (Lipinski definition) is 0. The molecular weight excluding hydrogens is 1050 g/mol. The molecule has 0 N–H and O–H groups in total. The minimum atomic E-state index is -1.19. The van der Waals surface area contributed by atoms with Gasteiger partial charge in [-0.05, 0) is 75.6 Å². The molecule has 2 atom stereocenters.